The first-order valence-electron chi connectivity index (χ1n) is 12.0. The summed E-state index contributed by atoms with van der Waals surface area (Å²) in [5, 5.41) is 13.5. The van der Waals surface area contributed by atoms with Gasteiger partial charge in [0.2, 0.25) is 5.91 Å². The van der Waals surface area contributed by atoms with Crippen LogP contribution in [0.5, 0.6) is 0 Å². The van der Waals surface area contributed by atoms with Crippen molar-refractivity contribution in [2.24, 2.45) is 0 Å². The topological polar surface area (TPSA) is 74.0 Å². The zero-order valence-electron chi connectivity index (χ0n) is 20.1. The summed E-state index contributed by atoms with van der Waals surface area (Å²) in [5.74, 6) is 0.0189. The maximum Gasteiger partial charge on any atom is 0.240 e. The third-order valence-electron chi connectivity index (χ3n) is 6.67. The Hall–Kier alpha value is -3.63. The van der Waals surface area contributed by atoms with Crippen molar-refractivity contribution in [3.05, 3.63) is 123 Å². The molecule has 4 aromatic rings. The Balaban J connectivity index is 1.34. The smallest absolute Gasteiger partial charge is 0.240 e. The number of carbonyl (C=O) groups is 1. The summed E-state index contributed by atoms with van der Waals surface area (Å²) in [5.41, 5.74) is 5.78. The van der Waals surface area contributed by atoms with Crippen LogP contribution in [0.3, 0.4) is 0 Å². The van der Waals surface area contributed by atoms with E-state index >= 15 is 0 Å². The van der Waals surface area contributed by atoms with E-state index in [-0.39, 0.29) is 5.91 Å². The Morgan fingerprint density at radius 3 is 2.57 bits per heavy atom. The SMILES string of the molecule is N#Cc1ccc(Cn2cncc2CN[C@H]2Cc3ccccc3CN(Cc3cccc(Cl)c3Cl)C2=O)cc1. The summed E-state index contributed by atoms with van der Waals surface area (Å²) in [6.45, 7) is 2.00. The summed E-state index contributed by atoms with van der Waals surface area (Å²) in [6.07, 6.45) is 4.20. The van der Waals surface area contributed by atoms with Crippen molar-refractivity contribution in [2.45, 2.75) is 38.6 Å². The number of hydrogen-bond acceptors (Lipinski definition) is 4. The highest BCUT2D eigenvalue weighted by atomic mass is 35.5. The van der Waals surface area contributed by atoms with E-state index in [1.807, 2.05) is 64.2 Å². The van der Waals surface area contributed by atoms with Crippen LogP contribution < -0.4 is 5.32 Å². The van der Waals surface area contributed by atoms with Crippen molar-refractivity contribution in [1.82, 2.24) is 19.8 Å². The van der Waals surface area contributed by atoms with E-state index in [1.165, 1.54) is 0 Å². The first-order valence-corrected chi connectivity index (χ1v) is 12.8. The standard InChI is InChI=1S/C29H25Cl2N5O/c30-26-7-3-6-24(28(26)31)18-35-17-23-5-2-1-4-22(23)12-27(29(35)37)34-15-25-14-33-19-36(25)16-21-10-8-20(13-32)9-11-21/h1-11,14,19,27,34H,12,15-18H2/t27-/m0/s1. The van der Waals surface area contributed by atoms with Crippen molar-refractivity contribution in [3.8, 4) is 6.07 Å². The molecule has 2 heterocycles. The predicted molar refractivity (Wildman–Crippen MR) is 144 cm³/mol. The number of halogens is 2. The molecule has 1 N–H and O–H groups in total. The van der Waals surface area contributed by atoms with Crippen LogP contribution in [-0.4, -0.2) is 26.4 Å². The van der Waals surface area contributed by atoms with Crippen LogP contribution >= 0.6 is 23.2 Å². The molecule has 1 amide bonds. The van der Waals surface area contributed by atoms with Gasteiger partial charge in [-0.3, -0.25) is 10.1 Å². The average molecular weight is 530 g/mol. The largest absolute Gasteiger partial charge is 0.333 e. The van der Waals surface area contributed by atoms with E-state index in [2.05, 4.69) is 28.5 Å². The Labute approximate surface area is 226 Å². The molecule has 0 aliphatic carbocycles. The van der Waals surface area contributed by atoms with Gasteiger partial charge in [-0.05, 0) is 46.9 Å². The Kier molecular flexibility index (Phi) is 7.57. The van der Waals surface area contributed by atoms with Crippen molar-refractivity contribution >= 4 is 29.1 Å². The van der Waals surface area contributed by atoms with Gasteiger partial charge in [0.05, 0.1) is 39.7 Å². The van der Waals surface area contributed by atoms with Gasteiger partial charge >= 0.3 is 0 Å². The number of amides is 1. The first kappa shape index (κ1) is 25.0. The lowest BCUT2D eigenvalue weighted by Crippen LogP contribution is -2.45. The molecular formula is C29H25Cl2N5O. The van der Waals surface area contributed by atoms with E-state index in [4.69, 9.17) is 28.5 Å². The van der Waals surface area contributed by atoms with Crippen LogP contribution in [0.15, 0.2) is 79.3 Å². The summed E-state index contributed by atoms with van der Waals surface area (Å²) >= 11 is 12.7. The molecule has 8 heteroatoms. The molecule has 6 nitrogen and oxygen atoms in total. The fourth-order valence-corrected chi connectivity index (χ4v) is 5.02. The number of nitriles is 1. The highest BCUT2D eigenvalue weighted by molar-refractivity contribution is 6.42. The van der Waals surface area contributed by atoms with E-state index in [0.717, 1.165) is 27.9 Å². The van der Waals surface area contributed by atoms with Gasteiger partial charge in [0.15, 0.2) is 0 Å². The van der Waals surface area contributed by atoms with Gasteiger partial charge in [-0.2, -0.15) is 5.26 Å². The number of nitrogens with zero attached hydrogens (tertiary/aromatic N) is 4. The minimum absolute atomic E-state index is 0.0189. The maximum atomic E-state index is 13.7. The zero-order valence-corrected chi connectivity index (χ0v) is 21.6. The van der Waals surface area contributed by atoms with Crippen molar-refractivity contribution in [2.75, 3.05) is 0 Å². The number of aromatic nitrogens is 2. The molecule has 0 saturated heterocycles. The van der Waals surface area contributed by atoms with E-state index in [1.54, 1.807) is 12.4 Å². The molecule has 0 spiro atoms. The number of fused-ring (bicyclic) bond motifs is 1. The summed E-state index contributed by atoms with van der Waals surface area (Å²) in [4.78, 5) is 19.9. The average Bonchev–Trinajstić information content (AvgIpc) is 3.30. The lowest BCUT2D eigenvalue weighted by Gasteiger charge is -2.26. The number of carbonyl (C=O) groups excluding carboxylic acids is 1. The van der Waals surface area contributed by atoms with E-state index < -0.39 is 6.04 Å². The highest BCUT2D eigenvalue weighted by Gasteiger charge is 2.30. The highest BCUT2D eigenvalue weighted by Crippen LogP contribution is 2.28. The third kappa shape index (κ3) is 5.70. The molecule has 0 fully saturated rings. The fourth-order valence-electron chi connectivity index (χ4n) is 4.64. The van der Waals surface area contributed by atoms with Crippen LogP contribution in [0.2, 0.25) is 10.0 Å². The Morgan fingerprint density at radius 2 is 1.78 bits per heavy atom. The van der Waals surface area contributed by atoms with Crippen LogP contribution in [0, 0.1) is 11.3 Å². The quantitative estimate of drug-likeness (QED) is 0.350. The van der Waals surface area contributed by atoms with Crippen LogP contribution in [0.25, 0.3) is 0 Å². The molecule has 0 unspecified atom stereocenters. The fraction of sp³-hybridized carbons (Fsp3) is 0.207. The van der Waals surface area contributed by atoms with Gasteiger partial charge in [0.25, 0.3) is 0 Å². The molecule has 186 valence electrons. The lowest BCUT2D eigenvalue weighted by atomic mass is 10.0. The van der Waals surface area contributed by atoms with Gasteiger partial charge in [-0.1, -0.05) is 71.7 Å². The predicted octanol–water partition coefficient (Wildman–Crippen LogP) is 5.35. The molecule has 0 saturated carbocycles. The first-order chi connectivity index (χ1) is 18.0. The van der Waals surface area contributed by atoms with Crippen molar-refractivity contribution < 1.29 is 4.79 Å². The molecular weight excluding hydrogens is 505 g/mol. The number of hydrogen-bond donors (Lipinski definition) is 1. The van der Waals surface area contributed by atoms with Crippen LogP contribution in [-0.2, 0) is 37.4 Å². The minimum Gasteiger partial charge on any atom is -0.333 e. The maximum absolute atomic E-state index is 13.7. The second kappa shape index (κ2) is 11.2. The van der Waals surface area contributed by atoms with Crippen molar-refractivity contribution in [3.63, 3.8) is 0 Å². The van der Waals surface area contributed by atoms with Crippen molar-refractivity contribution in [1.29, 1.82) is 5.26 Å². The monoisotopic (exact) mass is 529 g/mol. The van der Waals surface area contributed by atoms with Gasteiger partial charge in [-0.25, -0.2) is 4.98 Å². The number of rotatable bonds is 7. The van der Waals surface area contributed by atoms with Gasteiger partial charge < -0.3 is 9.47 Å². The molecule has 0 bridgehead atoms. The summed E-state index contributed by atoms with van der Waals surface area (Å²) in [7, 11) is 0. The normalized spacial score (nSPS) is 15.2. The van der Waals surface area contributed by atoms with Gasteiger partial charge in [0.1, 0.15) is 0 Å². The molecule has 37 heavy (non-hydrogen) atoms. The lowest BCUT2D eigenvalue weighted by molar-refractivity contribution is -0.134. The van der Waals surface area contributed by atoms with Gasteiger partial charge in [0, 0.05) is 32.4 Å². The third-order valence-corrected chi connectivity index (χ3v) is 7.53. The van der Waals surface area contributed by atoms with Gasteiger partial charge in [-0.15, -0.1) is 0 Å². The zero-order chi connectivity index (χ0) is 25.8. The number of imidazole rings is 1. The molecule has 0 radical (unpaired) electrons. The molecule has 1 aliphatic rings. The molecule has 1 aromatic heterocycles. The molecule has 3 aromatic carbocycles. The number of nitrogens with one attached hydrogen (secondary N) is 1. The Bertz CT molecular complexity index is 1460. The number of benzene rings is 3. The van der Waals surface area contributed by atoms with E-state index in [9.17, 15) is 4.79 Å². The second-order valence-corrected chi connectivity index (χ2v) is 9.92. The summed E-state index contributed by atoms with van der Waals surface area (Å²) < 4.78 is 2.05. The van der Waals surface area contributed by atoms with E-state index in [0.29, 0.717) is 48.2 Å². The minimum atomic E-state index is -0.403. The van der Waals surface area contributed by atoms with Crippen LogP contribution in [0.1, 0.15) is 33.5 Å². The molecule has 1 aliphatic heterocycles. The second-order valence-electron chi connectivity index (χ2n) is 9.14. The molecule has 1 atom stereocenters. The van der Waals surface area contributed by atoms with Crippen LogP contribution in [0.4, 0.5) is 0 Å². The Morgan fingerprint density at radius 1 is 1.00 bits per heavy atom. The summed E-state index contributed by atoms with van der Waals surface area (Å²) in [6, 6.07) is 22.9. The molecule has 5 rings (SSSR count).